The highest BCUT2D eigenvalue weighted by molar-refractivity contribution is 6.00. The number of hydrogen-bond donors (Lipinski definition) is 1. The van der Waals surface area contributed by atoms with E-state index in [4.69, 9.17) is 4.42 Å². The van der Waals surface area contributed by atoms with Gasteiger partial charge in [-0.05, 0) is 49.2 Å². The number of rotatable bonds is 4. The van der Waals surface area contributed by atoms with Crippen LogP contribution < -0.4 is 10.2 Å². The van der Waals surface area contributed by atoms with Crippen molar-refractivity contribution in [3.05, 3.63) is 53.5 Å². The van der Waals surface area contributed by atoms with Crippen molar-refractivity contribution in [1.82, 2.24) is 5.32 Å². The molecule has 1 aliphatic rings. The van der Waals surface area contributed by atoms with Crippen molar-refractivity contribution >= 4 is 17.5 Å². The number of carbonyl (C=O) groups excluding carboxylic acids is 2. The van der Waals surface area contributed by atoms with E-state index in [0.29, 0.717) is 18.8 Å². The lowest BCUT2D eigenvalue weighted by molar-refractivity contribution is -0.126. The van der Waals surface area contributed by atoms with Gasteiger partial charge in [0.05, 0.1) is 18.7 Å². The van der Waals surface area contributed by atoms with Crippen molar-refractivity contribution < 1.29 is 14.0 Å². The van der Waals surface area contributed by atoms with Crippen LogP contribution in [-0.4, -0.2) is 18.4 Å². The number of furan rings is 1. The van der Waals surface area contributed by atoms with E-state index >= 15 is 0 Å². The van der Waals surface area contributed by atoms with Crippen LogP contribution in [0.5, 0.6) is 0 Å². The number of nitrogens with zero attached hydrogens (tertiary/aromatic N) is 1. The first-order chi connectivity index (χ1) is 11.0. The highest BCUT2D eigenvalue weighted by atomic mass is 16.3. The van der Waals surface area contributed by atoms with E-state index in [-0.39, 0.29) is 24.2 Å². The minimum absolute atomic E-state index is 0.00634. The minimum atomic E-state index is -0.321. The maximum atomic E-state index is 12.3. The Morgan fingerprint density at radius 3 is 2.70 bits per heavy atom. The van der Waals surface area contributed by atoms with Gasteiger partial charge in [-0.15, -0.1) is 0 Å². The van der Waals surface area contributed by atoms with E-state index in [1.165, 1.54) is 0 Å². The van der Waals surface area contributed by atoms with E-state index < -0.39 is 0 Å². The zero-order valence-corrected chi connectivity index (χ0v) is 13.3. The van der Waals surface area contributed by atoms with E-state index in [9.17, 15) is 9.59 Å². The zero-order valence-electron chi connectivity index (χ0n) is 13.3. The van der Waals surface area contributed by atoms with Gasteiger partial charge in [-0.25, -0.2) is 0 Å². The number of hydrogen-bond acceptors (Lipinski definition) is 3. The Bertz CT molecular complexity index is 702. The number of amides is 2. The van der Waals surface area contributed by atoms with Gasteiger partial charge in [-0.1, -0.05) is 6.07 Å². The third-order valence-corrected chi connectivity index (χ3v) is 4.03. The Hall–Kier alpha value is -2.56. The molecule has 0 bridgehead atoms. The normalized spacial score (nSPS) is 17.6. The molecule has 0 aliphatic carbocycles. The minimum Gasteiger partial charge on any atom is -0.467 e. The van der Waals surface area contributed by atoms with Crippen molar-refractivity contribution in [2.75, 3.05) is 11.4 Å². The van der Waals surface area contributed by atoms with Crippen LogP contribution in [0.1, 0.15) is 23.3 Å². The molecule has 1 aliphatic heterocycles. The number of nitrogens with one attached hydrogen (secondary N) is 1. The number of benzene rings is 1. The second-order valence-corrected chi connectivity index (χ2v) is 6.05. The average Bonchev–Trinajstić information content (AvgIpc) is 3.13. The third-order valence-electron chi connectivity index (χ3n) is 4.03. The molecule has 23 heavy (non-hydrogen) atoms. The van der Waals surface area contributed by atoms with Crippen molar-refractivity contribution in [3.63, 3.8) is 0 Å². The van der Waals surface area contributed by atoms with Crippen LogP contribution in [-0.2, 0) is 16.1 Å². The van der Waals surface area contributed by atoms with Crippen LogP contribution >= 0.6 is 0 Å². The molecule has 0 spiro atoms. The smallest absolute Gasteiger partial charge is 0.227 e. The van der Waals surface area contributed by atoms with Crippen LogP contribution in [0.4, 0.5) is 5.69 Å². The molecule has 0 saturated carbocycles. The summed E-state index contributed by atoms with van der Waals surface area (Å²) in [6.45, 7) is 4.78. The van der Waals surface area contributed by atoms with Crippen LogP contribution in [0.2, 0.25) is 0 Å². The first kappa shape index (κ1) is 15.3. The van der Waals surface area contributed by atoms with Gasteiger partial charge in [0.25, 0.3) is 0 Å². The van der Waals surface area contributed by atoms with Gasteiger partial charge in [0.15, 0.2) is 0 Å². The molecule has 2 aromatic rings. The highest BCUT2D eigenvalue weighted by Gasteiger charge is 2.35. The SMILES string of the molecule is Cc1cc(C)cc(N2C[C@H](C(=O)NCc3ccco3)CC2=O)c1. The molecule has 120 valence electrons. The molecule has 1 aromatic heterocycles. The summed E-state index contributed by atoms with van der Waals surface area (Å²) in [5.41, 5.74) is 3.09. The molecule has 3 rings (SSSR count). The maximum absolute atomic E-state index is 12.3. The lowest BCUT2D eigenvalue weighted by Gasteiger charge is -2.18. The number of carbonyl (C=O) groups is 2. The van der Waals surface area contributed by atoms with Crippen molar-refractivity contribution in [2.45, 2.75) is 26.8 Å². The van der Waals surface area contributed by atoms with E-state index in [0.717, 1.165) is 16.8 Å². The van der Waals surface area contributed by atoms with Crippen molar-refractivity contribution in [3.8, 4) is 0 Å². The molecule has 1 saturated heterocycles. The summed E-state index contributed by atoms with van der Waals surface area (Å²) in [5.74, 6) is 0.266. The molecule has 1 fully saturated rings. The highest BCUT2D eigenvalue weighted by Crippen LogP contribution is 2.27. The molecule has 2 amide bonds. The number of anilines is 1. The summed E-state index contributed by atoms with van der Waals surface area (Å²) in [5, 5.41) is 2.83. The Morgan fingerprint density at radius 2 is 2.04 bits per heavy atom. The van der Waals surface area contributed by atoms with Crippen LogP contribution in [0.15, 0.2) is 41.0 Å². The van der Waals surface area contributed by atoms with Gasteiger partial charge in [0.2, 0.25) is 11.8 Å². The van der Waals surface area contributed by atoms with E-state index in [1.54, 1.807) is 17.2 Å². The van der Waals surface area contributed by atoms with E-state index in [1.807, 2.05) is 32.0 Å². The third kappa shape index (κ3) is 3.44. The summed E-state index contributed by atoms with van der Waals surface area (Å²) in [4.78, 5) is 26.2. The van der Waals surface area contributed by atoms with Gasteiger partial charge in [-0.2, -0.15) is 0 Å². The molecule has 1 aromatic carbocycles. The van der Waals surface area contributed by atoms with Crippen LogP contribution in [0, 0.1) is 19.8 Å². The molecule has 1 N–H and O–H groups in total. The average molecular weight is 312 g/mol. The topological polar surface area (TPSA) is 62.6 Å². The van der Waals surface area contributed by atoms with Crippen LogP contribution in [0.25, 0.3) is 0 Å². The van der Waals surface area contributed by atoms with Gasteiger partial charge in [-0.3, -0.25) is 9.59 Å². The maximum Gasteiger partial charge on any atom is 0.227 e. The fourth-order valence-corrected chi connectivity index (χ4v) is 2.97. The largest absolute Gasteiger partial charge is 0.467 e. The second-order valence-electron chi connectivity index (χ2n) is 6.05. The Labute approximate surface area is 135 Å². The summed E-state index contributed by atoms with van der Waals surface area (Å²) >= 11 is 0. The Kier molecular flexibility index (Phi) is 4.19. The standard InChI is InChI=1S/C18H20N2O3/c1-12-6-13(2)8-15(7-12)20-11-14(9-17(20)21)18(22)19-10-16-4-3-5-23-16/h3-8,14H,9-11H2,1-2H3,(H,19,22)/t14-/m1/s1. The fraction of sp³-hybridized carbons (Fsp3) is 0.333. The number of aryl methyl sites for hydroxylation is 2. The molecule has 1 atom stereocenters. The van der Waals surface area contributed by atoms with Crippen molar-refractivity contribution in [1.29, 1.82) is 0 Å². The predicted octanol–water partition coefficient (Wildman–Crippen LogP) is 2.57. The first-order valence-electron chi connectivity index (χ1n) is 7.71. The second kappa shape index (κ2) is 6.28. The fourth-order valence-electron chi connectivity index (χ4n) is 2.97. The summed E-state index contributed by atoms with van der Waals surface area (Å²) in [6.07, 6.45) is 1.82. The molecule has 2 heterocycles. The quantitative estimate of drug-likeness (QED) is 0.944. The molecule has 5 nitrogen and oxygen atoms in total. The molecule has 0 radical (unpaired) electrons. The van der Waals surface area contributed by atoms with Gasteiger partial charge < -0.3 is 14.6 Å². The van der Waals surface area contributed by atoms with Crippen LogP contribution in [0.3, 0.4) is 0 Å². The summed E-state index contributed by atoms with van der Waals surface area (Å²) in [7, 11) is 0. The monoisotopic (exact) mass is 312 g/mol. The van der Waals surface area contributed by atoms with Gasteiger partial charge in [0.1, 0.15) is 5.76 Å². The Morgan fingerprint density at radius 1 is 1.30 bits per heavy atom. The molecule has 0 unspecified atom stereocenters. The Balaban J connectivity index is 1.65. The summed E-state index contributed by atoms with van der Waals surface area (Å²) < 4.78 is 5.19. The first-order valence-corrected chi connectivity index (χ1v) is 7.71. The van der Waals surface area contributed by atoms with Gasteiger partial charge >= 0.3 is 0 Å². The zero-order chi connectivity index (χ0) is 16.4. The molecular formula is C18H20N2O3. The lowest BCUT2D eigenvalue weighted by atomic mass is 10.1. The summed E-state index contributed by atoms with van der Waals surface area (Å²) in [6, 6.07) is 9.62. The predicted molar refractivity (Wildman–Crippen MR) is 86.9 cm³/mol. The van der Waals surface area contributed by atoms with Crippen molar-refractivity contribution in [2.24, 2.45) is 5.92 Å². The molecule has 5 heteroatoms. The lowest BCUT2D eigenvalue weighted by Crippen LogP contribution is -2.32. The molecular weight excluding hydrogens is 292 g/mol. The van der Waals surface area contributed by atoms with E-state index in [2.05, 4.69) is 11.4 Å². The van der Waals surface area contributed by atoms with Gasteiger partial charge in [0, 0.05) is 18.7 Å².